The number of aliphatic carboxylic acids is 1. The van der Waals surface area contributed by atoms with Crippen LogP contribution in [0, 0.1) is 5.41 Å². The molecule has 0 unspecified atom stereocenters. The van der Waals surface area contributed by atoms with Gasteiger partial charge in [-0.3, -0.25) is 4.79 Å². The summed E-state index contributed by atoms with van der Waals surface area (Å²) in [5.41, 5.74) is -0.458. The van der Waals surface area contributed by atoms with Gasteiger partial charge in [0.1, 0.15) is 0 Å². The van der Waals surface area contributed by atoms with Crippen LogP contribution in [0.5, 0.6) is 0 Å². The van der Waals surface area contributed by atoms with Crippen molar-refractivity contribution in [2.75, 3.05) is 0 Å². The molecule has 0 rings (SSSR count). The van der Waals surface area contributed by atoms with E-state index in [0.29, 0.717) is 0 Å². The third-order valence-electron chi connectivity index (χ3n) is 2.48. The zero-order chi connectivity index (χ0) is 8.20. The van der Waals surface area contributed by atoms with Gasteiger partial charge in [-0.15, -0.1) is 0 Å². The van der Waals surface area contributed by atoms with E-state index in [-0.39, 0.29) is 17.1 Å². The van der Waals surface area contributed by atoms with Gasteiger partial charge in [0.2, 0.25) is 0 Å². The molecule has 0 amide bonds. The first-order valence-electron chi connectivity index (χ1n) is 3.86. The maximum atomic E-state index is 10.7. The average Bonchev–Trinajstić information content (AvgIpc) is 1.92. The fourth-order valence-electron chi connectivity index (χ4n) is 1.20. The minimum absolute atomic E-state index is 0. The summed E-state index contributed by atoms with van der Waals surface area (Å²) in [4.78, 5) is 10.7. The van der Waals surface area contributed by atoms with Gasteiger partial charge in [-0.25, -0.2) is 0 Å². The molecule has 1 radical (unpaired) electrons. The largest absolute Gasteiger partial charge is 0.481 e. The summed E-state index contributed by atoms with van der Waals surface area (Å²) in [5, 5.41) is 8.82. The van der Waals surface area contributed by atoms with Gasteiger partial charge in [0.15, 0.2) is 0 Å². The van der Waals surface area contributed by atoms with E-state index in [0.717, 1.165) is 19.3 Å². The van der Waals surface area contributed by atoms with Gasteiger partial charge < -0.3 is 5.11 Å². The number of hydrogen-bond donors (Lipinski definition) is 1. The maximum absolute atomic E-state index is 10.7. The second kappa shape index (κ2) is 5.62. The molecule has 0 fully saturated rings. The Morgan fingerprint density at radius 1 is 1.18 bits per heavy atom. The van der Waals surface area contributed by atoms with Crippen LogP contribution >= 0.6 is 0 Å². The molecule has 0 bridgehead atoms. The summed E-state index contributed by atoms with van der Waals surface area (Å²) in [6, 6.07) is 0. The first-order valence-corrected chi connectivity index (χ1v) is 3.86. The maximum Gasteiger partial charge on any atom is 0.309 e. The second-order valence-corrected chi connectivity index (χ2v) is 2.65. The van der Waals surface area contributed by atoms with E-state index < -0.39 is 11.4 Å². The Labute approximate surface area is 78.8 Å². The molecule has 0 aliphatic heterocycles. The Balaban J connectivity index is 0. The van der Waals surface area contributed by atoms with E-state index in [1.165, 1.54) is 0 Å². The smallest absolute Gasteiger partial charge is 0.309 e. The first kappa shape index (κ1) is 13.6. The predicted molar refractivity (Wildman–Crippen MR) is 40.9 cm³/mol. The number of carbonyl (C=O) groups is 1. The minimum Gasteiger partial charge on any atom is -0.481 e. The fourth-order valence-corrected chi connectivity index (χ4v) is 1.20. The van der Waals surface area contributed by atoms with E-state index in [9.17, 15) is 4.79 Å². The molecule has 11 heavy (non-hydrogen) atoms. The Morgan fingerprint density at radius 3 is 1.45 bits per heavy atom. The van der Waals surface area contributed by atoms with Gasteiger partial charge in [-0.05, 0) is 19.3 Å². The van der Waals surface area contributed by atoms with Crippen molar-refractivity contribution in [3.63, 3.8) is 0 Å². The van der Waals surface area contributed by atoms with Crippen LogP contribution in [-0.2, 0) is 21.9 Å². The standard InChI is InChI=1S/C8H16O2.Cu/c1-4-8(5-2,6-3)7(9)10;/h4-6H2,1-3H3,(H,9,10);. The van der Waals surface area contributed by atoms with E-state index in [1.807, 2.05) is 20.8 Å². The van der Waals surface area contributed by atoms with Gasteiger partial charge in [0.05, 0.1) is 5.41 Å². The summed E-state index contributed by atoms with van der Waals surface area (Å²) >= 11 is 0. The van der Waals surface area contributed by atoms with Crippen molar-refractivity contribution in [1.82, 2.24) is 0 Å². The average molecular weight is 208 g/mol. The Kier molecular flexibility index (Phi) is 6.93. The van der Waals surface area contributed by atoms with Crippen molar-refractivity contribution in [2.24, 2.45) is 5.41 Å². The zero-order valence-corrected chi connectivity index (χ0v) is 8.22. The van der Waals surface area contributed by atoms with Crippen molar-refractivity contribution in [1.29, 1.82) is 0 Å². The normalized spacial score (nSPS) is 10.5. The number of carboxylic acids is 1. The Hall–Kier alpha value is -0.0105. The fraction of sp³-hybridized carbons (Fsp3) is 0.875. The summed E-state index contributed by atoms with van der Waals surface area (Å²) in [6.07, 6.45) is 2.19. The molecule has 0 saturated carbocycles. The molecule has 0 aromatic heterocycles. The minimum atomic E-state index is -0.653. The molecule has 0 aromatic carbocycles. The van der Waals surface area contributed by atoms with Crippen LogP contribution in [-0.4, -0.2) is 11.1 Å². The van der Waals surface area contributed by atoms with E-state index >= 15 is 0 Å². The van der Waals surface area contributed by atoms with Crippen molar-refractivity contribution >= 4 is 5.97 Å². The first-order chi connectivity index (χ1) is 4.63. The molecule has 0 saturated heterocycles. The molecule has 0 spiro atoms. The van der Waals surface area contributed by atoms with Crippen LogP contribution in [0.2, 0.25) is 0 Å². The van der Waals surface area contributed by atoms with Crippen LogP contribution in [0.15, 0.2) is 0 Å². The molecule has 0 aromatic rings. The molecular formula is C8H16CuO2. The summed E-state index contributed by atoms with van der Waals surface area (Å²) in [6.45, 7) is 5.80. The van der Waals surface area contributed by atoms with Crippen molar-refractivity contribution in [3.8, 4) is 0 Å². The van der Waals surface area contributed by atoms with Crippen LogP contribution in [0.1, 0.15) is 40.0 Å². The van der Waals surface area contributed by atoms with Gasteiger partial charge in [0.25, 0.3) is 0 Å². The van der Waals surface area contributed by atoms with Crippen molar-refractivity contribution < 1.29 is 27.0 Å². The van der Waals surface area contributed by atoms with Crippen LogP contribution in [0.4, 0.5) is 0 Å². The molecule has 0 atom stereocenters. The Bertz CT molecular complexity index is 111. The van der Waals surface area contributed by atoms with E-state index in [2.05, 4.69) is 0 Å². The molecule has 2 nitrogen and oxygen atoms in total. The summed E-state index contributed by atoms with van der Waals surface area (Å²) in [7, 11) is 0. The Morgan fingerprint density at radius 2 is 1.45 bits per heavy atom. The van der Waals surface area contributed by atoms with Crippen LogP contribution in [0.25, 0.3) is 0 Å². The van der Waals surface area contributed by atoms with Crippen LogP contribution < -0.4 is 0 Å². The van der Waals surface area contributed by atoms with Gasteiger partial charge >= 0.3 is 5.97 Å². The topological polar surface area (TPSA) is 37.3 Å². The van der Waals surface area contributed by atoms with Crippen molar-refractivity contribution in [3.05, 3.63) is 0 Å². The molecule has 0 heterocycles. The predicted octanol–water partition coefficient (Wildman–Crippen LogP) is 2.28. The van der Waals surface area contributed by atoms with Gasteiger partial charge in [-0.2, -0.15) is 0 Å². The van der Waals surface area contributed by atoms with Gasteiger partial charge in [-0.1, -0.05) is 20.8 Å². The number of rotatable bonds is 4. The molecule has 1 N–H and O–H groups in total. The molecule has 0 aliphatic rings. The van der Waals surface area contributed by atoms with Crippen molar-refractivity contribution in [2.45, 2.75) is 40.0 Å². The van der Waals surface area contributed by atoms with E-state index in [4.69, 9.17) is 5.11 Å². The molecule has 3 heteroatoms. The number of hydrogen-bond acceptors (Lipinski definition) is 1. The third kappa shape index (κ3) is 2.84. The number of carboxylic acid groups (broad SMARTS) is 1. The zero-order valence-electron chi connectivity index (χ0n) is 7.28. The third-order valence-corrected chi connectivity index (χ3v) is 2.48. The van der Waals surface area contributed by atoms with E-state index in [1.54, 1.807) is 0 Å². The molecular weight excluding hydrogens is 192 g/mol. The monoisotopic (exact) mass is 207 g/mol. The summed E-state index contributed by atoms with van der Waals surface area (Å²) in [5.74, 6) is -0.653. The van der Waals surface area contributed by atoms with Gasteiger partial charge in [0, 0.05) is 17.1 Å². The van der Waals surface area contributed by atoms with Crippen LogP contribution in [0.3, 0.4) is 0 Å². The SMILES string of the molecule is CCC(CC)(CC)C(=O)O.[Cu]. The molecule has 0 aliphatic carbocycles. The second-order valence-electron chi connectivity index (χ2n) is 2.65. The summed E-state index contributed by atoms with van der Waals surface area (Å²) < 4.78 is 0. The quantitative estimate of drug-likeness (QED) is 0.719. The molecule has 71 valence electrons.